The second kappa shape index (κ2) is 20.1. The van der Waals surface area contributed by atoms with E-state index in [0.717, 1.165) is 29.6 Å². The van der Waals surface area contributed by atoms with Crippen LogP contribution in [0.15, 0.2) is 73.3 Å². The van der Waals surface area contributed by atoms with E-state index in [-0.39, 0.29) is 31.1 Å². The van der Waals surface area contributed by atoms with E-state index in [4.69, 9.17) is 23.2 Å². The van der Waals surface area contributed by atoms with Gasteiger partial charge in [-0.15, -0.1) is 0 Å². The lowest BCUT2D eigenvalue weighted by Gasteiger charge is -2.18. The zero-order valence-corrected chi connectivity index (χ0v) is 31.3. The Kier molecular flexibility index (Phi) is 19.7. The van der Waals surface area contributed by atoms with E-state index >= 15 is 0 Å². The van der Waals surface area contributed by atoms with Crippen LogP contribution in [0.2, 0.25) is 10.2 Å². The second-order valence-electron chi connectivity index (χ2n) is 14.5. The number of hydrogen-bond donors (Lipinski definition) is 0. The summed E-state index contributed by atoms with van der Waals surface area (Å²) in [4.78, 5) is 15.4. The summed E-state index contributed by atoms with van der Waals surface area (Å²) in [6.45, 7) is 22.1. The van der Waals surface area contributed by atoms with E-state index in [0.29, 0.717) is 21.8 Å². The first-order chi connectivity index (χ1) is 22.1. The normalized spacial score (nSPS) is 11.7. The molecule has 0 aromatic carbocycles. The zero-order valence-electron chi connectivity index (χ0n) is 29.8. The standard InChI is InChI=1S/2C10H12F3N.C9H12ClN.C8H10ClN.2CH4/c1-9(2,3)8-5-4-7(6-14-8)10(11,12)13;1-9(2,3)7-4-5-8(14-6-7)10(11,12)13;1-9(2,3)8-5-4-7(10)6-11-8;1-6(2)7-3-4-8(9)10-5-7;;/h2*4-6H,1-3H3;4-6H,1-3H3;3-6H,1-2H3;2*1H4. The topological polar surface area (TPSA) is 51.6 Å². The SMILES string of the molecule is C.C.CC(C)(C)c1ccc(C(F)(F)F)cn1.CC(C)(C)c1ccc(C(F)(F)F)nc1.CC(C)(C)c1ccc(Cl)cn1.CC(C)c1ccc(Cl)nc1. The Labute approximate surface area is 311 Å². The van der Waals surface area contributed by atoms with Crippen molar-refractivity contribution in [1.29, 1.82) is 0 Å². The van der Waals surface area contributed by atoms with Gasteiger partial charge in [-0.1, -0.05) is 126 Å². The molecule has 0 saturated heterocycles. The van der Waals surface area contributed by atoms with E-state index in [2.05, 4.69) is 54.6 Å². The molecule has 4 heterocycles. The van der Waals surface area contributed by atoms with E-state index in [1.807, 2.05) is 72.0 Å². The van der Waals surface area contributed by atoms with Crippen LogP contribution >= 0.6 is 23.2 Å². The van der Waals surface area contributed by atoms with Gasteiger partial charge in [0.1, 0.15) is 10.8 Å². The van der Waals surface area contributed by atoms with Gasteiger partial charge in [0.15, 0.2) is 0 Å². The second-order valence-corrected chi connectivity index (χ2v) is 15.4. The lowest BCUT2D eigenvalue weighted by Crippen LogP contribution is -2.14. The van der Waals surface area contributed by atoms with Gasteiger partial charge in [-0.2, -0.15) is 26.3 Å². The molecule has 0 amide bonds. The highest BCUT2D eigenvalue weighted by Crippen LogP contribution is 2.31. The Morgan fingerprint density at radius 2 is 0.902 bits per heavy atom. The molecule has 0 radical (unpaired) electrons. The zero-order chi connectivity index (χ0) is 38.0. The Bertz CT molecular complexity index is 1400. The average molecular weight is 764 g/mol. The number of rotatable bonds is 1. The van der Waals surface area contributed by atoms with Crippen LogP contribution in [0.4, 0.5) is 26.3 Å². The largest absolute Gasteiger partial charge is 0.433 e. The van der Waals surface area contributed by atoms with Gasteiger partial charge in [0.2, 0.25) is 0 Å². The van der Waals surface area contributed by atoms with Crippen molar-refractivity contribution in [3.8, 4) is 0 Å². The maximum atomic E-state index is 12.2. The van der Waals surface area contributed by atoms with E-state index in [1.54, 1.807) is 6.20 Å². The number of aromatic nitrogens is 4. The minimum absolute atomic E-state index is 0. The van der Waals surface area contributed by atoms with Gasteiger partial charge in [-0.3, -0.25) is 15.0 Å². The molecule has 0 aliphatic carbocycles. The maximum Gasteiger partial charge on any atom is 0.433 e. The molecule has 0 atom stereocenters. The average Bonchev–Trinajstić information content (AvgIpc) is 2.96. The lowest BCUT2D eigenvalue weighted by molar-refractivity contribution is -0.141. The molecular formula is C39H54Cl2F6N4. The summed E-state index contributed by atoms with van der Waals surface area (Å²) in [5, 5.41) is 1.25. The Hall–Kier alpha value is -3.24. The summed E-state index contributed by atoms with van der Waals surface area (Å²) in [7, 11) is 0. The number of halogens is 8. The van der Waals surface area contributed by atoms with Crippen LogP contribution in [0.5, 0.6) is 0 Å². The minimum atomic E-state index is -4.35. The third-order valence-electron chi connectivity index (χ3n) is 6.69. The number of nitrogens with zero attached hydrogens (tertiary/aromatic N) is 4. The monoisotopic (exact) mass is 762 g/mol. The van der Waals surface area contributed by atoms with Crippen LogP contribution in [0.1, 0.15) is 131 Å². The Balaban J connectivity index is 0. The molecule has 0 aliphatic rings. The molecule has 0 spiro atoms. The van der Waals surface area contributed by atoms with Crippen molar-refractivity contribution in [2.75, 3.05) is 0 Å². The molecule has 0 unspecified atom stereocenters. The quantitative estimate of drug-likeness (QED) is 0.143. The van der Waals surface area contributed by atoms with Crippen molar-refractivity contribution in [2.24, 2.45) is 0 Å². The van der Waals surface area contributed by atoms with E-state index < -0.39 is 23.6 Å². The molecule has 0 N–H and O–H groups in total. The molecule has 4 nitrogen and oxygen atoms in total. The van der Waals surface area contributed by atoms with Gasteiger partial charge >= 0.3 is 12.4 Å². The molecule has 12 heteroatoms. The van der Waals surface area contributed by atoms with Crippen LogP contribution in [-0.4, -0.2) is 19.9 Å². The van der Waals surface area contributed by atoms with Crippen molar-refractivity contribution in [3.05, 3.63) is 117 Å². The molecule has 51 heavy (non-hydrogen) atoms. The summed E-state index contributed by atoms with van der Waals surface area (Å²) in [6, 6.07) is 12.6. The van der Waals surface area contributed by atoms with Crippen molar-refractivity contribution in [1.82, 2.24) is 19.9 Å². The fourth-order valence-electron chi connectivity index (χ4n) is 3.56. The van der Waals surface area contributed by atoms with Crippen molar-refractivity contribution in [2.45, 2.75) is 126 Å². The molecule has 0 saturated carbocycles. The van der Waals surface area contributed by atoms with Crippen LogP contribution in [0, 0.1) is 0 Å². The van der Waals surface area contributed by atoms with E-state index in [1.165, 1.54) is 23.9 Å². The van der Waals surface area contributed by atoms with Crippen LogP contribution < -0.4 is 0 Å². The van der Waals surface area contributed by atoms with Crippen molar-refractivity contribution >= 4 is 23.2 Å². The van der Waals surface area contributed by atoms with Gasteiger partial charge in [0, 0.05) is 47.0 Å². The first-order valence-corrected chi connectivity index (χ1v) is 16.2. The molecule has 0 aliphatic heterocycles. The van der Waals surface area contributed by atoms with Crippen LogP contribution in [0.3, 0.4) is 0 Å². The number of pyridine rings is 4. The fraction of sp³-hybridized carbons (Fsp3) is 0.487. The third-order valence-corrected chi connectivity index (χ3v) is 7.14. The predicted octanol–water partition coefficient (Wildman–Crippen LogP) is 14.0. The molecule has 0 fully saturated rings. The van der Waals surface area contributed by atoms with Gasteiger partial charge in [-0.25, -0.2) is 4.98 Å². The summed E-state index contributed by atoms with van der Waals surface area (Å²) in [5.41, 5.74) is 1.93. The van der Waals surface area contributed by atoms with E-state index in [9.17, 15) is 26.3 Å². The first kappa shape index (κ1) is 49.9. The number of hydrogen-bond acceptors (Lipinski definition) is 4. The van der Waals surface area contributed by atoms with Crippen molar-refractivity contribution < 1.29 is 26.3 Å². The molecule has 0 bridgehead atoms. The molecule has 4 aromatic rings. The van der Waals surface area contributed by atoms with Gasteiger partial charge in [0.25, 0.3) is 0 Å². The first-order valence-electron chi connectivity index (χ1n) is 15.4. The summed E-state index contributed by atoms with van der Waals surface area (Å²) in [6.07, 6.45) is -3.00. The van der Waals surface area contributed by atoms with Gasteiger partial charge < -0.3 is 0 Å². The van der Waals surface area contributed by atoms with Crippen molar-refractivity contribution in [3.63, 3.8) is 0 Å². The fourth-order valence-corrected chi connectivity index (χ4v) is 3.78. The highest BCUT2D eigenvalue weighted by atomic mass is 35.5. The highest BCUT2D eigenvalue weighted by molar-refractivity contribution is 6.30. The third kappa shape index (κ3) is 18.7. The highest BCUT2D eigenvalue weighted by Gasteiger charge is 2.33. The molecular weight excluding hydrogens is 709 g/mol. The molecule has 4 aromatic heterocycles. The van der Waals surface area contributed by atoms with Crippen LogP contribution in [0.25, 0.3) is 0 Å². The van der Waals surface area contributed by atoms with Gasteiger partial charge in [-0.05, 0) is 58.9 Å². The maximum absolute atomic E-state index is 12.2. The lowest BCUT2D eigenvalue weighted by atomic mass is 9.88. The Morgan fingerprint density at radius 1 is 0.471 bits per heavy atom. The van der Waals surface area contributed by atoms with Gasteiger partial charge in [0.05, 0.1) is 10.6 Å². The molecule has 4 rings (SSSR count). The summed E-state index contributed by atoms with van der Waals surface area (Å²) >= 11 is 11.3. The Morgan fingerprint density at radius 3 is 1.20 bits per heavy atom. The molecule has 286 valence electrons. The number of alkyl halides is 6. The summed E-state index contributed by atoms with van der Waals surface area (Å²) in [5.74, 6) is 0.532. The smallest absolute Gasteiger partial charge is 0.260 e. The summed E-state index contributed by atoms with van der Waals surface area (Å²) < 4.78 is 73.0. The predicted molar refractivity (Wildman–Crippen MR) is 201 cm³/mol. The van der Waals surface area contributed by atoms with Crippen LogP contribution in [-0.2, 0) is 28.6 Å². The minimum Gasteiger partial charge on any atom is -0.260 e.